The van der Waals surface area contributed by atoms with Crippen LogP contribution in [0.5, 0.6) is 0 Å². The number of amides is 2. The lowest BCUT2D eigenvalue weighted by atomic mass is 10.3. The molecule has 0 fully saturated rings. The van der Waals surface area contributed by atoms with Crippen LogP contribution in [-0.4, -0.2) is 18.3 Å². The van der Waals surface area contributed by atoms with Gasteiger partial charge in [-0.3, -0.25) is 0 Å². The second-order valence-electron chi connectivity index (χ2n) is 4.05. The van der Waals surface area contributed by atoms with Gasteiger partial charge in [-0.15, -0.1) is 11.8 Å². The Hall–Kier alpha value is -1.46. The monoisotopic (exact) mass is 350 g/mol. The lowest BCUT2D eigenvalue weighted by molar-refractivity contribution is 0.252. The van der Waals surface area contributed by atoms with Crippen LogP contribution in [0.15, 0.2) is 64.0 Å². The van der Waals surface area contributed by atoms with Crippen molar-refractivity contribution in [1.29, 1.82) is 0 Å². The summed E-state index contributed by atoms with van der Waals surface area (Å²) in [5.74, 6) is 0.837. The van der Waals surface area contributed by atoms with Crippen LogP contribution in [0.4, 0.5) is 10.5 Å². The molecule has 0 heterocycles. The molecule has 0 aliphatic rings. The molecule has 2 amide bonds. The Morgan fingerprint density at radius 2 is 1.75 bits per heavy atom. The number of carbonyl (C=O) groups excluding carboxylic acids is 1. The summed E-state index contributed by atoms with van der Waals surface area (Å²) in [6, 6.07) is 17.4. The van der Waals surface area contributed by atoms with Gasteiger partial charge in [0.05, 0.1) is 0 Å². The van der Waals surface area contributed by atoms with Crippen molar-refractivity contribution in [3.63, 3.8) is 0 Å². The molecule has 2 rings (SSSR count). The van der Waals surface area contributed by atoms with Gasteiger partial charge in [0, 0.05) is 27.4 Å². The fraction of sp³-hybridized carbons (Fsp3) is 0.133. The zero-order valence-electron chi connectivity index (χ0n) is 10.8. The molecule has 3 nitrogen and oxygen atoms in total. The Balaban J connectivity index is 1.66. The summed E-state index contributed by atoms with van der Waals surface area (Å²) in [5, 5.41) is 5.62. The fourth-order valence-electron chi connectivity index (χ4n) is 1.56. The lowest BCUT2D eigenvalue weighted by Gasteiger charge is -2.07. The number of hydrogen-bond acceptors (Lipinski definition) is 2. The molecule has 0 unspecified atom stereocenters. The van der Waals surface area contributed by atoms with Crippen LogP contribution in [-0.2, 0) is 0 Å². The molecule has 2 aromatic rings. The minimum atomic E-state index is -0.174. The summed E-state index contributed by atoms with van der Waals surface area (Å²) >= 11 is 5.12. The van der Waals surface area contributed by atoms with Gasteiger partial charge in [0.1, 0.15) is 0 Å². The minimum Gasteiger partial charge on any atom is -0.337 e. The van der Waals surface area contributed by atoms with Crippen molar-refractivity contribution in [3.8, 4) is 0 Å². The van der Waals surface area contributed by atoms with Crippen molar-refractivity contribution < 1.29 is 4.79 Å². The normalized spacial score (nSPS) is 10.1. The first-order valence-corrected chi connectivity index (χ1v) is 8.00. The molecule has 0 bridgehead atoms. The molecular weight excluding hydrogens is 336 g/mol. The average molecular weight is 351 g/mol. The predicted molar refractivity (Wildman–Crippen MR) is 88.3 cm³/mol. The van der Waals surface area contributed by atoms with E-state index in [1.165, 1.54) is 4.90 Å². The maximum Gasteiger partial charge on any atom is 0.319 e. The molecule has 0 radical (unpaired) electrons. The van der Waals surface area contributed by atoms with Crippen LogP contribution >= 0.6 is 27.7 Å². The van der Waals surface area contributed by atoms with Gasteiger partial charge in [0.15, 0.2) is 0 Å². The highest BCUT2D eigenvalue weighted by molar-refractivity contribution is 9.10. The summed E-state index contributed by atoms with van der Waals surface area (Å²) in [6.45, 7) is 0.624. The Morgan fingerprint density at radius 1 is 1.05 bits per heavy atom. The van der Waals surface area contributed by atoms with Crippen LogP contribution in [0.1, 0.15) is 0 Å². The van der Waals surface area contributed by atoms with Crippen LogP contribution in [0.25, 0.3) is 0 Å². The first-order chi connectivity index (χ1) is 9.74. The molecule has 0 saturated heterocycles. The number of benzene rings is 2. The summed E-state index contributed by atoms with van der Waals surface area (Å²) in [7, 11) is 0. The highest BCUT2D eigenvalue weighted by atomic mass is 79.9. The quantitative estimate of drug-likeness (QED) is 0.621. The molecule has 0 aromatic heterocycles. The number of hydrogen-bond donors (Lipinski definition) is 2. The lowest BCUT2D eigenvalue weighted by Crippen LogP contribution is -2.30. The zero-order valence-corrected chi connectivity index (χ0v) is 13.2. The van der Waals surface area contributed by atoms with Crippen LogP contribution in [0, 0.1) is 0 Å². The van der Waals surface area contributed by atoms with E-state index in [4.69, 9.17) is 0 Å². The van der Waals surface area contributed by atoms with E-state index >= 15 is 0 Å². The zero-order chi connectivity index (χ0) is 14.2. The first kappa shape index (κ1) is 14.9. The van der Waals surface area contributed by atoms with Gasteiger partial charge in [-0.25, -0.2) is 4.79 Å². The second-order valence-corrected chi connectivity index (χ2v) is 6.13. The number of urea groups is 1. The highest BCUT2D eigenvalue weighted by Gasteiger charge is 2.00. The largest absolute Gasteiger partial charge is 0.337 e. The number of thioether (sulfide) groups is 1. The molecule has 0 atom stereocenters. The van der Waals surface area contributed by atoms with E-state index < -0.39 is 0 Å². The van der Waals surface area contributed by atoms with Crippen molar-refractivity contribution in [2.45, 2.75) is 4.90 Å². The summed E-state index contributed by atoms with van der Waals surface area (Å²) < 4.78 is 1.07. The van der Waals surface area contributed by atoms with Gasteiger partial charge in [-0.1, -0.05) is 34.1 Å². The Morgan fingerprint density at radius 3 is 2.45 bits per heavy atom. The number of nitrogens with one attached hydrogen (secondary N) is 2. The second kappa shape index (κ2) is 7.97. The SMILES string of the molecule is O=C(NCCSc1ccc(Br)cc1)Nc1ccccc1. The van der Waals surface area contributed by atoms with Crippen LogP contribution in [0.3, 0.4) is 0 Å². The molecule has 2 N–H and O–H groups in total. The smallest absolute Gasteiger partial charge is 0.319 e. The maximum atomic E-state index is 11.6. The first-order valence-electron chi connectivity index (χ1n) is 6.22. The molecule has 2 aromatic carbocycles. The topological polar surface area (TPSA) is 41.1 Å². The molecular formula is C15H15BrN2OS. The van der Waals surface area contributed by atoms with E-state index in [-0.39, 0.29) is 6.03 Å². The molecule has 0 saturated carbocycles. The van der Waals surface area contributed by atoms with Crippen molar-refractivity contribution in [1.82, 2.24) is 5.32 Å². The van der Waals surface area contributed by atoms with Crippen molar-refractivity contribution in [2.24, 2.45) is 0 Å². The van der Waals surface area contributed by atoms with Gasteiger partial charge in [0.25, 0.3) is 0 Å². The van der Waals surface area contributed by atoms with E-state index in [2.05, 4.69) is 38.7 Å². The average Bonchev–Trinajstić information content (AvgIpc) is 2.46. The van der Waals surface area contributed by atoms with Crippen molar-refractivity contribution >= 4 is 39.4 Å². The van der Waals surface area contributed by atoms with Gasteiger partial charge < -0.3 is 10.6 Å². The maximum absolute atomic E-state index is 11.6. The number of rotatable bonds is 5. The van der Waals surface area contributed by atoms with Crippen LogP contribution in [0.2, 0.25) is 0 Å². The Labute approximate surface area is 131 Å². The summed E-state index contributed by atoms with van der Waals surface area (Å²) in [6.07, 6.45) is 0. The van der Waals surface area contributed by atoms with Gasteiger partial charge in [-0.2, -0.15) is 0 Å². The van der Waals surface area contributed by atoms with E-state index in [1.54, 1.807) is 11.8 Å². The fourth-order valence-corrected chi connectivity index (χ4v) is 2.59. The van der Waals surface area contributed by atoms with Gasteiger partial charge >= 0.3 is 6.03 Å². The third kappa shape index (κ3) is 5.27. The highest BCUT2D eigenvalue weighted by Crippen LogP contribution is 2.19. The van der Waals surface area contributed by atoms with Gasteiger partial charge in [-0.05, 0) is 36.4 Å². The number of anilines is 1. The van der Waals surface area contributed by atoms with E-state index in [9.17, 15) is 4.79 Å². The molecule has 0 aliphatic carbocycles. The Kier molecular flexibility index (Phi) is 5.95. The van der Waals surface area contributed by atoms with Crippen molar-refractivity contribution in [3.05, 3.63) is 59.1 Å². The number of halogens is 1. The standard InChI is InChI=1S/C15H15BrN2OS/c16-12-6-8-14(9-7-12)20-11-10-17-15(19)18-13-4-2-1-3-5-13/h1-9H,10-11H2,(H2,17,18,19). The van der Waals surface area contributed by atoms with E-state index in [0.29, 0.717) is 6.54 Å². The molecule has 104 valence electrons. The molecule has 0 spiro atoms. The molecule has 20 heavy (non-hydrogen) atoms. The molecule has 0 aliphatic heterocycles. The van der Waals surface area contributed by atoms with Gasteiger partial charge in [0.2, 0.25) is 0 Å². The molecule has 5 heteroatoms. The third-order valence-electron chi connectivity index (χ3n) is 2.50. The number of para-hydroxylation sites is 1. The van der Waals surface area contributed by atoms with Crippen molar-refractivity contribution in [2.75, 3.05) is 17.6 Å². The Bertz CT molecular complexity index is 546. The summed E-state index contributed by atoms with van der Waals surface area (Å²) in [5.41, 5.74) is 0.797. The predicted octanol–water partition coefficient (Wildman–Crippen LogP) is 4.36. The third-order valence-corrected chi connectivity index (χ3v) is 4.04. The van der Waals surface area contributed by atoms with E-state index in [0.717, 1.165) is 15.9 Å². The van der Waals surface area contributed by atoms with E-state index in [1.807, 2.05) is 42.5 Å². The summed E-state index contributed by atoms with van der Waals surface area (Å²) in [4.78, 5) is 12.8. The van der Waals surface area contributed by atoms with Crippen LogP contribution < -0.4 is 10.6 Å². The minimum absolute atomic E-state index is 0.174. The number of carbonyl (C=O) groups is 1.